The number of nitrogens with one attached hydrogen (secondary N) is 1. The van der Waals surface area contributed by atoms with Gasteiger partial charge in [-0.15, -0.1) is 10.2 Å². The van der Waals surface area contributed by atoms with E-state index in [1.807, 2.05) is 31.2 Å². The number of thioether (sulfide) groups is 1. The maximum Gasteiger partial charge on any atom is 0.277 e. The molecule has 1 heterocycles. The molecule has 1 aromatic carbocycles. The van der Waals surface area contributed by atoms with Gasteiger partial charge in [0.25, 0.3) is 11.1 Å². The minimum atomic E-state index is 0.0493. The third kappa shape index (κ3) is 4.20. The third-order valence-corrected chi connectivity index (χ3v) is 5.56. The number of hydrogen-bond acceptors (Lipinski definition) is 6. The lowest BCUT2D eigenvalue weighted by molar-refractivity contribution is -0.119. The molecule has 2 aliphatic rings. The molecule has 0 atom stereocenters. The van der Waals surface area contributed by atoms with Gasteiger partial charge in [-0.2, -0.15) is 0 Å². The Morgan fingerprint density at radius 3 is 2.69 bits per heavy atom. The van der Waals surface area contributed by atoms with Crippen molar-refractivity contribution in [2.45, 2.75) is 43.9 Å². The topological polar surface area (TPSA) is 77.2 Å². The van der Waals surface area contributed by atoms with Crippen LogP contribution in [0.15, 0.2) is 33.9 Å². The van der Waals surface area contributed by atoms with Crippen molar-refractivity contribution in [2.24, 2.45) is 11.8 Å². The number of nitrogens with zero attached hydrogens (tertiary/aromatic N) is 2. The summed E-state index contributed by atoms with van der Waals surface area (Å²) in [5, 5.41) is 11.8. The smallest absolute Gasteiger partial charge is 0.277 e. The standard InChI is InChI=1S/C19H23N3O3S/c1-2-24-15-6-4-3-5-14(15)18-21-22-19(25-18)26-11-16(23)20-17(12-7-8-12)13-9-10-13/h3-6,12-13,17H,2,7-11H2,1H3,(H,20,23). The van der Waals surface area contributed by atoms with E-state index in [0.29, 0.717) is 47.1 Å². The SMILES string of the molecule is CCOc1ccccc1-c1nnc(SCC(=O)NC(C2CC2)C2CC2)o1. The average Bonchev–Trinajstić information content (AvgIpc) is 3.57. The van der Waals surface area contributed by atoms with E-state index < -0.39 is 0 Å². The maximum absolute atomic E-state index is 12.3. The largest absolute Gasteiger partial charge is 0.493 e. The summed E-state index contributed by atoms with van der Waals surface area (Å²) >= 11 is 1.28. The molecule has 1 aromatic heterocycles. The minimum Gasteiger partial charge on any atom is -0.493 e. The predicted octanol–water partition coefficient (Wildman–Crippen LogP) is 3.53. The maximum atomic E-state index is 12.3. The molecule has 26 heavy (non-hydrogen) atoms. The number of hydrogen-bond donors (Lipinski definition) is 1. The predicted molar refractivity (Wildman–Crippen MR) is 99.0 cm³/mol. The number of carbonyl (C=O) groups is 1. The van der Waals surface area contributed by atoms with Crippen LogP contribution >= 0.6 is 11.8 Å². The highest BCUT2D eigenvalue weighted by Crippen LogP contribution is 2.44. The van der Waals surface area contributed by atoms with Crippen molar-refractivity contribution in [1.29, 1.82) is 0 Å². The summed E-state index contributed by atoms with van der Waals surface area (Å²) in [6.07, 6.45) is 5.00. The first-order valence-electron chi connectivity index (χ1n) is 9.22. The van der Waals surface area contributed by atoms with E-state index in [1.54, 1.807) is 0 Å². The van der Waals surface area contributed by atoms with Gasteiger partial charge in [0.1, 0.15) is 5.75 Å². The van der Waals surface area contributed by atoms with Gasteiger partial charge in [-0.25, -0.2) is 0 Å². The number of rotatable bonds is 9. The molecule has 6 nitrogen and oxygen atoms in total. The van der Waals surface area contributed by atoms with Crippen LogP contribution in [0, 0.1) is 11.8 Å². The first-order valence-corrected chi connectivity index (χ1v) is 10.2. The van der Waals surface area contributed by atoms with Gasteiger partial charge in [-0.3, -0.25) is 4.79 Å². The zero-order valence-electron chi connectivity index (χ0n) is 14.8. The summed E-state index contributed by atoms with van der Waals surface area (Å²) in [5.41, 5.74) is 0.765. The van der Waals surface area contributed by atoms with Crippen molar-refractivity contribution in [3.8, 4) is 17.2 Å². The van der Waals surface area contributed by atoms with Crippen molar-refractivity contribution in [3.63, 3.8) is 0 Å². The van der Waals surface area contributed by atoms with Gasteiger partial charge >= 0.3 is 0 Å². The molecule has 2 aromatic rings. The molecule has 0 bridgehead atoms. The minimum absolute atomic E-state index is 0.0493. The van der Waals surface area contributed by atoms with Gasteiger partial charge in [0.2, 0.25) is 5.91 Å². The van der Waals surface area contributed by atoms with Crippen LogP contribution in [0.5, 0.6) is 5.75 Å². The number of ether oxygens (including phenoxy) is 1. The van der Waals surface area contributed by atoms with Gasteiger partial charge in [-0.05, 0) is 56.6 Å². The molecular formula is C19H23N3O3S. The average molecular weight is 373 g/mol. The second-order valence-corrected chi connectivity index (χ2v) is 7.79. The summed E-state index contributed by atoms with van der Waals surface area (Å²) in [6.45, 7) is 2.50. The normalized spacial score (nSPS) is 16.7. The Bertz CT molecular complexity index is 759. The van der Waals surface area contributed by atoms with E-state index in [9.17, 15) is 4.79 Å². The molecule has 0 radical (unpaired) electrons. The van der Waals surface area contributed by atoms with Gasteiger partial charge in [-0.1, -0.05) is 23.9 Å². The van der Waals surface area contributed by atoms with Crippen LogP contribution in [0.3, 0.4) is 0 Å². The van der Waals surface area contributed by atoms with Crippen molar-refractivity contribution in [2.75, 3.05) is 12.4 Å². The van der Waals surface area contributed by atoms with Crippen molar-refractivity contribution >= 4 is 17.7 Å². The Labute approximate surface area is 157 Å². The fraction of sp³-hybridized carbons (Fsp3) is 0.526. The van der Waals surface area contributed by atoms with Gasteiger partial charge in [0.15, 0.2) is 0 Å². The Kier molecular flexibility index (Phi) is 5.15. The van der Waals surface area contributed by atoms with Gasteiger partial charge in [0.05, 0.1) is 17.9 Å². The van der Waals surface area contributed by atoms with Crippen LogP contribution in [-0.2, 0) is 4.79 Å². The van der Waals surface area contributed by atoms with Crippen LogP contribution < -0.4 is 10.1 Å². The Balaban J connectivity index is 1.34. The fourth-order valence-corrected chi connectivity index (χ4v) is 3.76. The molecule has 2 aliphatic carbocycles. The zero-order chi connectivity index (χ0) is 17.9. The van der Waals surface area contributed by atoms with Crippen molar-refractivity contribution < 1.29 is 13.9 Å². The van der Waals surface area contributed by atoms with Crippen LogP contribution in [0.1, 0.15) is 32.6 Å². The number of para-hydroxylation sites is 1. The second-order valence-electron chi connectivity index (χ2n) is 6.86. The Morgan fingerprint density at radius 2 is 2.00 bits per heavy atom. The van der Waals surface area contributed by atoms with E-state index in [-0.39, 0.29) is 5.91 Å². The Morgan fingerprint density at radius 1 is 1.27 bits per heavy atom. The lowest BCUT2D eigenvalue weighted by atomic mass is 10.1. The molecule has 0 aliphatic heterocycles. The Hall–Kier alpha value is -2.02. The summed E-state index contributed by atoms with van der Waals surface area (Å²) < 4.78 is 11.3. The molecule has 1 N–H and O–H groups in total. The number of benzene rings is 1. The summed E-state index contributed by atoms with van der Waals surface area (Å²) in [4.78, 5) is 12.3. The molecule has 4 rings (SSSR count). The summed E-state index contributed by atoms with van der Waals surface area (Å²) in [5.74, 6) is 2.86. The third-order valence-electron chi connectivity index (χ3n) is 4.74. The first kappa shape index (κ1) is 17.4. The van der Waals surface area contributed by atoms with E-state index >= 15 is 0 Å². The lowest BCUT2D eigenvalue weighted by Gasteiger charge is -2.17. The van der Waals surface area contributed by atoms with Gasteiger partial charge in [0, 0.05) is 6.04 Å². The molecule has 138 valence electrons. The van der Waals surface area contributed by atoms with E-state index in [2.05, 4.69) is 15.5 Å². The lowest BCUT2D eigenvalue weighted by Crippen LogP contribution is -2.39. The van der Waals surface area contributed by atoms with Crippen LogP contribution in [0.2, 0.25) is 0 Å². The molecule has 7 heteroatoms. The highest BCUT2D eigenvalue weighted by Gasteiger charge is 2.42. The molecule has 2 saturated carbocycles. The van der Waals surface area contributed by atoms with Crippen LogP contribution in [0.25, 0.3) is 11.5 Å². The monoisotopic (exact) mass is 373 g/mol. The highest BCUT2D eigenvalue weighted by molar-refractivity contribution is 7.99. The number of amides is 1. The first-order chi connectivity index (χ1) is 12.7. The molecule has 0 saturated heterocycles. The van der Waals surface area contributed by atoms with Crippen LogP contribution in [-0.4, -0.2) is 34.5 Å². The second kappa shape index (κ2) is 7.70. The molecule has 0 unspecified atom stereocenters. The van der Waals surface area contributed by atoms with Crippen molar-refractivity contribution in [1.82, 2.24) is 15.5 Å². The summed E-state index contributed by atoms with van der Waals surface area (Å²) in [7, 11) is 0. The van der Waals surface area contributed by atoms with Gasteiger partial charge < -0.3 is 14.5 Å². The van der Waals surface area contributed by atoms with E-state index in [0.717, 1.165) is 5.56 Å². The molecule has 0 spiro atoms. The number of aromatic nitrogens is 2. The quantitative estimate of drug-likeness (QED) is 0.678. The molecule has 1 amide bonds. The molecule has 2 fully saturated rings. The van der Waals surface area contributed by atoms with Crippen LogP contribution in [0.4, 0.5) is 0 Å². The zero-order valence-corrected chi connectivity index (χ0v) is 15.6. The molecular weight excluding hydrogens is 350 g/mol. The van der Waals surface area contributed by atoms with Crippen molar-refractivity contribution in [3.05, 3.63) is 24.3 Å². The van der Waals surface area contributed by atoms with E-state index in [1.165, 1.54) is 37.4 Å². The summed E-state index contributed by atoms with van der Waals surface area (Å²) in [6, 6.07) is 7.94. The fourth-order valence-electron chi connectivity index (χ4n) is 3.19. The van der Waals surface area contributed by atoms with E-state index in [4.69, 9.17) is 9.15 Å². The number of carbonyl (C=O) groups excluding carboxylic acids is 1. The highest BCUT2D eigenvalue weighted by atomic mass is 32.2.